The fourth-order valence-corrected chi connectivity index (χ4v) is 3.79. The van der Waals surface area contributed by atoms with Crippen LogP contribution in [0.15, 0.2) is 0 Å². The first-order valence-electron chi connectivity index (χ1n) is 6.69. The lowest BCUT2D eigenvalue weighted by Crippen LogP contribution is -2.40. The molecule has 4 unspecified atom stereocenters. The van der Waals surface area contributed by atoms with Gasteiger partial charge in [0.15, 0.2) is 0 Å². The highest BCUT2D eigenvalue weighted by molar-refractivity contribution is 6.05. The normalized spacial score (nSPS) is 39.4. The highest BCUT2D eigenvalue weighted by Crippen LogP contribution is 2.43. The van der Waals surface area contributed by atoms with Crippen LogP contribution < -0.4 is 0 Å². The van der Waals surface area contributed by atoms with E-state index >= 15 is 0 Å². The Morgan fingerprint density at radius 3 is 2.17 bits per heavy atom. The molecule has 0 spiro atoms. The van der Waals surface area contributed by atoms with Gasteiger partial charge in [-0.25, -0.2) is 0 Å². The molecule has 2 saturated carbocycles. The third-order valence-corrected chi connectivity index (χ3v) is 4.74. The fraction of sp³-hybridized carbons (Fsp3) is 0.769. The quantitative estimate of drug-likeness (QED) is 0.744. The van der Waals surface area contributed by atoms with Crippen molar-refractivity contribution in [1.82, 2.24) is 4.90 Å². The van der Waals surface area contributed by atoms with Gasteiger partial charge in [-0.3, -0.25) is 19.3 Å². The largest absolute Gasteiger partial charge is 0.481 e. The van der Waals surface area contributed by atoms with Crippen LogP contribution in [0.3, 0.4) is 0 Å². The molecular weight excluding hydrogens is 234 g/mol. The van der Waals surface area contributed by atoms with Crippen LogP contribution in [0.2, 0.25) is 0 Å². The van der Waals surface area contributed by atoms with E-state index in [1.54, 1.807) is 0 Å². The molecule has 1 heterocycles. The monoisotopic (exact) mass is 251 g/mol. The molecule has 5 heteroatoms. The molecule has 98 valence electrons. The summed E-state index contributed by atoms with van der Waals surface area (Å²) in [6.07, 6.45) is 4.26. The molecular formula is C13H17NO4. The minimum absolute atomic E-state index is 0.0430. The number of amides is 2. The summed E-state index contributed by atoms with van der Waals surface area (Å²) in [4.78, 5) is 36.8. The van der Waals surface area contributed by atoms with E-state index in [4.69, 9.17) is 5.11 Å². The molecule has 18 heavy (non-hydrogen) atoms. The van der Waals surface area contributed by atoms with E-state index in [0.717, 1.165) is 19.3 Å². The number of nitrogens with zero attached hydrogens (tertiary/aromatic N) is 1. The molecule has 0 bridgehead atoms. The number of fused-ring (bicyclic) bond motifs is 1. The van der Waals surface area contributed by atoms with E-state index in [1.807, 2.05) is 0 Å². The fourth-order valence-electron chi connectivity index (χ4n) is 3.79. The summed E-state index contributed by atoms with van der Waals surface area (Å²) in [7, 11) is 0. The zero-order valence-corrected chi connectivity index (χ0v) is 10.2. The van der Waals surface area contributed by atoms with Gasteiger partial charge < -0.3 is 5.11 Å². The molecule has 1 saturated heterocycles. The lowest BCUT2D eigenvalue weighted by atomic mass is 10.00. The molecule has 2 aliphatic carbocycles. The average Bonchev–Trinajstić information content (AvgIpc) is 3.00. The van der Waals surface area contributed by atoms with Crippen LogP contribution in [-0.4, -0.2) is 33.8 Å². The summed E-state index contributed by atoms with van der Waals surface area (Å²) in [5.74, 6) is -1.51. The summed E-state index contributed by atoms with van der Waals surface area (Å²) in [6.45, 7) is 0. The van der Waals surface area contributed by atoms with Crippen LogP contribution in [0.1, 0.15) is 38.5 Å². The Bertz CT molecular complexity index is 397. The smallest absolute Gasteiger partial charge is 0.306 e. The van der Waals surface area contributed by atoms with E-state index in [9.17, 15) is 14.4 Å². The Labute approximate surface area is 105 Å². The van der Waals surface area contributed by atoms with E-state index in [-0.39, 0.29) is 29.7 Å². The lowest BCUT2D eigenvalue weighted by Gasteiger charge is -2.23. The van der Waals surface area contributed by atoms with Gasteiger partial charge in [0.25, 0.3) is 0 Å². The Morgan fingerprint density at radius 2 is 1.67 bits per heavy atom. The molecule has 1 N–H and O–H groups in total. The van der Waals surface area contributed by atoms with Crippen molar-refractivity contribution in [2.24, 2.45) is 17.8 Å². The van der Waals surface area contributed by atoms with Crippen LogP contribution >= 0.6 is 0 Å². The Balaban J connectivity index is 1.76. The molecule has 0 radical (unpaired) electrons. The van der Waals surface area contributed by atoms with Gasteiger partial charge in [-0.15, -0.1) is 0 Å². The zero-order valence-electron chi connectivity index (χ0n) is 10.2. The number of likely N-dealkylation sites (tertiary alicyclic amines) is 1. The van der Waals surface area contributed by atoms with Crippen molar-refractivity contribution in [3.05, 3.63) is 0 Å². The van der Waals surface area contributed by atoms with E-state index < -0.39 is 11.9 Å². The van der Waals surface area contributed by atoms with Crippen molar-refractivity contribution in [1.29, 1.82) is 0 Å². The van der Waals surface area contributed by atoms with E-state index in [1.165, 1.54) is 4.90 Å². The minimum Gasteiger partial charge on any atom is -0.481 e. The molecule has 2 amide bonds. The first-order valence-corrected chi connectivity index (χ1v) is 6.69. The SMILES string of the molecule is O=C(O)C1CCC(N2C(=O)C3CCCC3C2=O)C1. The van der Waals surface area contributed by atoms with Crippen molar-refractivity contribution >= 4 is 17.8 Å². The predicted molar refractivity (Wildman–Crippen MR) is 61.4 cm³/mol. The second-order valence-corrected chi connectivity index (χ2v) is 5.69. The van der Waals surface area contributed by atoms with Gasteiger partial charge >= 0.3 is 5.97 Å². The molecule has 0 aromatic heterocycles. The number of carbonyl (C=O) groups excluding carboxylic acids is 2. The van der Waals surface area contributed by atoms with Gasteiger partial charge in [-0.2, -0.15) is 0 Å². The molecule has 0 aromatic carbocycles. The Kier molecular flexibility index (Phi) is 2.64. The molecule has 3 fully saturated rings. The molecule has 3 aliphatic rings. The third kappa shape index (κ3) is 1.56. The van der Waals surface area contributed by atoms with E-state index in [0.29, 0.717) is 19.3 Å². The number of carboxylic acid groups (broad SMARTS) is 1. The van der Waals surface area contributed by atoms with Crippen molar-refractivity contribution in [2.75, 3.05) is 0 Å². The highest BCUT2D eigenvalue weighted by atomic mass is 16.4. The number of carboxylic acids is 1. The number of imide groups is 1. The minimum atomic E-state index is -0.809. The van der Waals surface area contributed by atoms with Gasteiger partial charge in [-0.1, -0.05) is 6.42 Å². The number of carbonyl (C=O) groups is 3. The summed E-state index contributed by atoms with van der Waals surface area (Å²) in [5, 5.41) is 8.98. The maximum absolute atomic E-state index is 12.2. The summed E-state index contributed by atoms with van der Waals surface area (Å²) >= 11 is 0. The maximum Gasteiger partial charge on any atom is 0.306 e. The van der Waals surface area contributed by atoms with Gasteiger partial charge in [0, 0.05) is 6.04 Å². The average molecular weight is 251 g/mol. The highest BCUT2D eigenvalue weighted by Gasteiger charge is 2.52. The van der Waals surface area contributed by atoms with Crippen molar-refractivity contribution in [3.63, 3.8) is 0 Å². The lowest BCUT2D eigenvalue weighted by molar-refractivity contribution is -0.145. The van der Waals surface area contributed by atoms with Crippen LogP contribution in [0, 0.1) is 17.8 Å². The standard InChI is InChI=1S/C13H17NO4/c15-11-9-2-1-3-10(9)12(16)14(11)8-5-4-7(6-8)13(17)18/h7-10H,1-6H2,(H,17,18). The maximum atomic E-state index is 12.2. The number of hydrogen-bond donors (Lipinski definition) is 1. The number of aliphatic carboxylic acids is 1. The van der Waals surface area contributed by atoms with Crippen LogP contribution in [0.4, 0.5) is 0 Å². The van der Waals surface area contributed by atoms with Crippen molar-refractivity contribution in [3.8, 4) is 0 Å². The second kappa shape index (κ2) is 4.07. The van der Waals surface area contributed by atoms with Crippen LogP contribution in [0.25, 0.3) is 0 Å². The first-order chi connectivity index (χ1) is 8.59. The number of hydrogen-bond acceptors (Lipinski definition) is 3. The summed E-state index contributed by atoms with van der Waals surface area (Å²) < 4.78 is 0. The van der Waals surface area contributed by atoms with Crippen molar-refractivity contribution in [2.45, 2.75) is 44.6 Å². The molecule has 3 rings (SSSR count). The zero-order chi connectivity index (χ0) is 12.9. The van der Waals surface area contributed by atoms with Gasteiger partial charge in [-0.05, 0) is 32.1 Å². The predicted octanol–water partition coefficient (Wildman–Crippen LogP) is 1.02. The van der Waals surface area contributed by atoms with Gasteiger partial charge in [0.1, 0.15) is 0 Å². The summed E-state index contributed by atoms with van der Waals surface area (Å²) in [6, 6.07) is -0.170. The summed E-state index contributed by atoms with van der Waals surface area (Å²) in [5.41, 5.74) is 0. The molecule has 0 aromatic rings. The van der Waals surface area contributed by atoms with Crippen LogP contribution in [-0.2, 0) is 14.4 Å². The van der Waals surface area contributed by atoms with Gasteiger partial charge in [0.05, 0.1) is 17.8 Å². The molecule has 5 nitrogen and oxygen atoms in total. The van der Waals surface area contributed by atoms with E-state index in [2.05, 4.69) is 0 Å². The van der Waals surface area contributed by atoms with Crippen LogP contribution in [0.5, 0.6) is 0 Å². The number of rotatable bonds is 2. The van der Waals surface area contributed by atoms with Gasteiger partial charge in [0.2, 0.25) is 11.8 Å². The Hall–Kier alpha value is -1.39. The second-order valence-electron chi connectivity index (χ2n) is 5.69. The van der Waals surface area contributed by atoms with Crippen molar-refractivity contribution < 1.29 is 19.5 Å². The molecule has 1 aliphatic heterocycles. The molecule has 4 atom stereocenters. The topological polar surface area (TPSA) is 74.7 Å². The first kappa shape index (κ1) is 11.7. The third-order valence-electron chi connectivity index (χ3n) is 4.74. The Morgan fingerprint density at radius 1 is 1.06 bits per heavy atom.